The first-order valence-electron chi connectivity index (χ1n) is 6.89. The van der Waals surface area contributed by atoms with E-state index in [2.05, 4.69) is 5.32 Å². The fourth-order valence-electron chi connectivity index (χ4n) is 3.11. The molecule has 0 aromatic rings. The number of nitrogens with one attached hydrogen (secondary N) is 1. The number of methoxy groups -OCH3 is 2. The average Bonchev–Trinajstić information content (AvgIpc) is 2.73. The Labute approximate surface area is 118 Å². The van der Waals surface area contributed by atoms with Gasteiger partial charge >= 0.3 is 5.97 Å². The summed E-state index contributed by atoms with van der Waals surface area (Å²) in [5.41, 5.74) is -0.580. The van der Waals surface area contributed by atoms with E-state index in [4.69, 9.17) is 14.3 Å². The molecular formula is C13H22N2O5. The van der Waals surface area contributed by atoms with E-state index in [1.54, 1.807) is 7.11 Å². The molecule has 7 nitrogen and oxygen atoms in total. The van der Waals surface area contributed by atoms with Crippen molar-refractivity contribution in [3.8, 4) is 0 Å². The number of hydroxylamine groups is 2. The van der Waals surface area contributed by atoms with E-state index in [0.29, 0.717) is 26.1 Å². The first kappa shape index (κ1) is 15.2. The minimum Gasteiger partial charge on any atom is -0.469 e. The monoisotopic (exact) mass is 286 g/mol. The molecule has 1 atom stereocenters. The maximum atomic E-state index is 12.2. The second kappa shape index (κ2) is 6.51. The predicted molar refractivity (Wildman–Crippen MR) is 69.6 cm³/mol. The summed E-state index contributed by atoms with van der Waals surface area (Å²) in [6.07, 6.45) is 1.52. The summed E-state index contributed by atoms with van der Waals surface area (Å²) in [7, 11) is 2.93. The zero-order valence-corrected chi connectivity index (χ0v) is 12.0. The molecule has 20 heavy (non-hydrogen) atoms. The van der Waals surface area contributed by atoms with Crippen LogP contribution in [0.15, 0.2) is 0 Å². The fraction of sp³-hybridized carbons (Fsp3) is 0.846. The van der Waals surface area contributed by atoms with Gasteiger partial charge in [0.15, 0.2) is 0 Å². The standard InChI is InChI=1S/C13H22N2O5/c1-18-7-8-20-15-11(16)9-10(12(17)19-2)13(15)3-5-14-6-4-13/h10,14H,3-9H2,1-2H3/t10-/m0/s1. The van der Waals surface area contributed by atoms with E-state index in [0.717, 1.165) is 13.1 Å². The van der Waals surface area contributed by atoms with E-state index < -0.39 is 11.5 Å². The molecule has 114 valence electrons. The third-order valence-corrected chi connectivity index (χ3v) is 4.12. The Bertz CT molecular complexity index is 368. The number of piperidine rings is 1. The van der Waals surface area contributed by atoms with Gasteiger partial charge in [-0.2, -0.15) is 0 Å². The number of hydrogen-bond acceptors (Lipinski definition) is 6. The van der Waals surface area contributed by atoms with Crippen molar-refractivity contribution in [3.05, 3.63) is 0 Å². The molecule has 2 heterocycles. The van der Waals surface area contributed by atoms with Crippen LogP contribution in [0.4, 0.5) is 0 Å². The average molecular weight is 286 g/mol. The van der Waals surface area contributed by atoms with Gasteiger partial charge in [-0.15, -0.1) is 0 Å². The molecule has 2 aliphatic heterocycles. The first-order chi connectivity index (χ1) is 9.65. The third kappa shape index (κ3) is 2.65. The summed E-state index contributed by atoms with van der Waals surface area (Å²) < 4.78 is 9.81. The molecular weight excluding hydrogens is 264 g/mol. The van der Waals surface area contributed by atoms with Crippen LogP contribution < -0.4 is 5.32 Å². The highest BCUT2D eigenvalue weighted by molar-refractivity contribution is 5.88. The van der Waals surface area contributed by atoms with Crippen molar-refractivity contribution in [2.75, 3.05) is 40.5 Å². The normalized spacial score (nSPS) is 25.2. The van der Waals surface area contributed by atoms with Crippen molar-refractivity contribution in [1.82, 2.24) is 10.4 Å². The summed E-state index contributed by atoms with van der Waals surface area (Å²) in [5.74, 6) is -0.943. The Morgan fingerprint density at radius 3 is 2.65 bits per heavy atom. The van der Waals surface area contributed by atoms with Gasteiger partial charge in [-0.25, -0.2) is 5.06 Å². The Kier molecular flexibility index (Phi) is 4.95. The molecule has 2 saturated heterocycles. The predicted octanol–water partition coefficient (Wildman–Crippen LogP) is -0.292. The minimum atomic E-state index is -0.580. The molecule has 0 aromatic carbocycles. The zero-order chi connectivity index (χ0) is 14.6. The molecule has 1 spiro atoms. The highest BCUT2D eigenvalue weighted by Crippen LogP contribution is 2.43. The third-order valence-electron chi connectivity index (χ3n) is 4.12. The largest absolute Gasteiger partial charge is 0.469 e. The number of carbonyl (C=O) groups is 2. The van der Waals surface area contributed by atoms with Gasteiger partial charge in [-0.1, -0.05) is 0 Å². The molecule has 0 bridgehead atoms. The number of rotatable bonds is 5. The lowest BCUT2D eigenvalue weighted by atomic mass is 9.78. The van der Waals surface area contributed by atoms with Crippen molar-refractivity contribution >= 4 is 11.9 Å². The first-order valence-corrected chi connectivity index (χ1v) is 6.89. The molecule has 2 fully saturated rings. The van der Waals surface area contributed by atoms with Crippen LogP contribution in [0.2, 0.25) is 0 Å². The van der Waals surface area contributed by atoms with E-state index in [1.807, 2.05) is 0 Å². The maximum absolute atomic E-state index is 12.2. The van der Waals surface area contributed by atoms with Gasteiger partial charge in [-0.3, -0.25) is 14.4 Å². The molecule has 0 aliphatic carbocycles. The summed E-state index contributed by atoms with van der Waals surface area (Å²) >= 11 is 0. The van der Waals surface area contributed by atoms with Crippen LogP contribution in [0.3, 0.4) is 0 Å². The van der Waals surface area contributed by atoms with Crippen LogP contribution >= 0.6 is 0 Å². The fourth-order valence-corrected chi connectivity index (χ4v) is 3.11. The van der Waals surface area contributed by atoms with Gasteiger partial charge in [-0.05, 0) is 25.9 Å². The number of ether oxygens (including phenoxy) is 2. The van der Waals surface area contributed by atoms with Gasteiger partial charge in [0.2, 0.25) is 5.91 Å². The molecule has 1 amide bonds. The smallest absolute Gasteiger partial charge is 0.311 e. The van der Waals surface area contributed by atoms with Gasteiger partial charge in [0.1, 0.15) is 0 Å². The summed E-state index contributed by atoms with van der Waals surface area (Å²) in [6.45, 7) is 2.21. The van der Waals surface area contributed by atoms with Crippen molar-refractivity contribution in [2.45, 2.75) is 24.8 Å². The van der Waals surface area contributed by atoms with E-state index in [-0.39, 0.29) is 18.3 Å². The summed E-state index contributed by atoms with van der Waals surface area (Å²) in [5, 5.41) is 4.66. The van der Waals surface area contributed by atoms with Crippen LogP contribution in [0.25, 0.3) is 0 Å². The van der Waals surface area contributed by atoms with E-state index >= 15 is 0 Å². The molecule has 0 aromatic heterocycles. The molecule has 0 unspecified atom stereocenters. The quantitative estimate of drug-likeness (QED) is 0.553. The molecule has 0 radical (unpaired) electrons. The lowest BCUT2D eigenvalue weighted by Gasteiger charge is -2.42. The van der Waals surface area contributed by atoms with Crippen LogP contribution in [0.5, 0.6) is 0 Å². The van der Waals surface area contributed by atoms with Crippen LogP contribution in [-0.2, 0) is 23.9 Å². The Morgan fingerprint density at radius 2 is 2.05 bits per heavy atom. The lowest BCUT2D eigenvalue weighted by molar-refractivity contribution is -0.223. The van der Waals surface area contributed by atoms with Crippen LogP contribution in [0.1, 0.15) is 19.3 Å². The topological polar surface area (TPSA) is 77.1 Å². The van der Waals surface area contributed by atoms with Gasteiger partial charge in [0.25, 0.3) is 0 Å². The van der Waals surface area contributed by atoms with Crippen LogP contribution in [0, 0.1) is 5.92 Å². The number of nitrogens with zero attached hydrogens (tertiary/aromatic N) is 1. The van der Waals surface area contributed by atoms with Crippen molar-refractivity contribution in [2.24, 2.45) is 5.92 Å². The highest BCUT2D eigenvalue weighted by atomic mass is 16.7. The SMILES string of the molecule is COCCON1C(=O)C[C@@H](C(=O)OC)C12CCNCC2. The van der Waals surface area contributed by atoms with E-state index in [1.165, 1.54) is 12.2 Å². The van der Waals surface area contributed by atoms with Crippen LogP contribution in [-0.4, -0.2) is 63.0 Å². The summed E-state index contributed by atoms with van der Waals surface area (Å²) in [4.78, 5) is 29.8. The number of amides is 1. The van der Waals surface area contributed by atoms with Gasteiger partial charge < -0.3 is 14.8 Å². The van der Waals surface area contributed by atoms with Gasteiger partial charge in [0, 0.05) is 13.5 Å². The van der Waals surface area contributed by atoms with Crippen molar-refractivity contribution < 1.29 is 23.9 Å². The van der Waals surface area contributed by atoms with Gasteiger partial charge in [0.05, 0.1) is 31.8 Å². The Morgan fingerprint density at radius 1 is 1.35 bits per heavy atom. The number of hydrogen-bond donors (Lipinski definition) is 1. The second-order valence-electron chi connectivity index (χ2n) is 5.15. The number of esters is 1. The van der Waals surface area contributed by atoms with Crippen molar-refractivity contribution in [1.29, 1.82) is 0 Å². The maximum Gasteiger partial charge on any atom is 0.311 e. The second-order valence-corrected chi connectivity index (χ2v) is 5.15. The zero-order valence-electron chi connectivity index (χ0n) is 12.0. The molecule has 1 N–H and O–H groups in total. The minimum absolute atomic E-state index is 0.152. The summed E-state index contributed by atoms with van der Waals surface area (Å²) in [6, 6.07) is 0. The Balaban J connectivity index is 2.19. The Hall–Kier alpha value is -1.18. The highest BCUT2D eigenvalue weighted by Gasteiger charge is 2.57. The molecule has 7 heteroatoms. The van der Waals surface area contributed by atoms with Crippen molar-refractivity contribution in [3.63, 3.8) is 0 Å². The lowest BCUT2D eigenvalue weighted by Crippen LogP contribution is -2.56. The molecule has 0 saturated carbocycles. The number of carbonyl (C=O) groups excluding carboxylic acids is 2. The molecule has 2 rings (SSSR count). The van der Waals surface area contributed by atoms with E-state index in [9.17, 15) is 9.59 Å². The molecule has 2 aliphatic rings.